The van der Waals surface area contributed by atoms with Crippen molar-refractivity contribution < 1.29 is 44.2 Å². The minimum Gasteiger partial charge on any atom is -0.457 e. The molecule has 380 valence electrons. The van der Waals surface area contributed by atoms with E-state index in [1.54, 1.807) is 0 Å². The Balaban J connectivity index is 2.22. The van der Waals surface area contributed by atoms with Crippen LogP contribution < -0.4 is 0 Å². The van der Waals surface area contributed by atoms with Crippen molar-refractivity contribution in [3.05, 3.63) is 85.1 Å². The molecule has 0 radical (unpaired) electrons. The minimum atomic E-state index is -1.54. The number of allylic oxidation sites excluding steroid dienone is 14. The Morgan fingerprint density at radius 2 is 0.924 bits per heavy atom. The summed E-state index contributed by atoms with van der Waals surface area (Å²) >= 11 is 0. The molecule has 0 aromatic rings. The van der Waals surface area contributed by atoms with E-state index in [1.807, 2.05) is 0 Å². The third-order valence-electron chi connectivity index (χ3n) is 11.8. The van der Waals surface area contributed by atoms with Crippen LogP contribution in [-0.4, -0.2) is 89.6 Å². The van der Waals surface area contributed by atoms with Gasteiger partial charge >= 0.3 is 5.97 Å². The van der Waals surface area contributed by atoms with Gasteiger partial charge in [-0.2, -0.15) is 0 Å². The molecule has 0 aromatic carbocycles. The molecule has 4 N–H and O–H groups in total. The van der Waals surface area contributed by atoms with Crippen molar-refractivity contribution in [1.82, 2.24) is 0 Å². The third kappa shape index (κ3) is 37.4. The first-order valence-corrected chi connectivity index (χ1v) is 26.7. The van der Waals surface area contributed by atoms with Crippen molar-refractivity contribution in [2.45, 2.75) is 243 Å². The van der Waals surface area contributed by atoms with E-state index in [1.165, 1.54) is 96.3 Å². The van der Waals surface area contributed by atoms with Crippen molar-refractivity contribution >= 4 is 5.97 Å². The van der Waals surface area contributed by atoms with E-state index in [2.05, 4.69) is 98.9 Å². The molecule has 0 spiro atoms. The molecule has 9 heteroatoms. The second kappa shape index (κ2) is 47.4. The number of rotatable bonds is 45. The van der Waals surface area contributed by atoms with Gasteiger partial charge in [-0.25, -0.2) is 0 Å². The summed E-state index contributed by atoms with van der Waals surface area (Å²) in [6.07, 6.45) is 57.5. The molecule has 0 aromatic heterocycles. The monoisotopic (exact) mass is 927 g/mol. The van der Waals surface area contributed by atoms with Gasteiger partial charge in [0.05, 0.1) is 19.8 Å². The number of aliphatic hydroxyl groups is 4. The quantitative estimate of drug-likeness (QED) is 0.0267. The standard InChI is InChI=1S/C57H98O9/c1-3-5-7-9-11-13-15-17-19-21-23-24-25-26-27-28-29-30-32-34-36-38-40-42-44-46-53(59)65-51(50-64-57-56(62)55(61)54(60)52(48-58)66-57)49-63-47-45-43-41-39-37-35-33-31-22-20-18-16-14-12-10-8-6-4-2/h5,7,11,13,17-20,23-24,26-27,29-30,51-52,54-58,60-62H,3-4,6,8-10,12,14-16,21-22,25,28,31-50H2,1-2H3/b7-5-,13-11-,19-17-,20-18-,24-23-,27-26-,30-29-. The van der Waals surface area contributed by atoms with E-state index >= 15 is 0 Å². The minimum absolute atomic E-state index is 0.125. The lowest BCUT2D eigenvalue weighted by Gasteiger charge is -2.39. The maximum absolute atomic E-state index is 12.9. The fraction of sp³-hybridized carbons (Fsp3) is 0.737. The molecule has 6 atom stereocenters. The van der Waals surface area contributed by atoms with Gasteiger partial charge < -0.3 is 39.4 Å². The topological polar surface area (TPSA) is 135 Å². The SMILES string of the molecule is CC/C=C\C/C=C\C/C=C\C/C=C\C/C=C\C/C=C\CCCCCCCCC(=O)OC(COCCCCCCCCCC/C=C\CCCCCCCC)COC1OC(CO)C(O)C(O)C1O. The van der Waals surface area contributed by atoms with E-state index in [4.69, 9.17) is 18.9 Å². The first-order valence-electron chi connectivity index (χ1n) is 26.7. The van der Waals surface area contributed by atoms with E-state index in [-0.39, 0.29) is 19.2 Å². The molecule has 1 heterocycles. The van der Waals surface area contributed by atoms with Crippen molar-refractivity contribution in [1.29, 1.82) is 0 Å². The van der Waals surface area contributed by atoms with Crippen LogP contribution in [0, 0.1) is 0 Å². The lowest BCUT2D eigenvalue weighted by atomic mass is 9.99. The first kappa shape index (κ1) is 61.4. The zero-order valence-corrected chi connectivity index (χ0v) is 41.9. The van der Waals surface area contributed by atoms with Crippen molar-refractivity contribution in [2.24, 2.45) is 0 Å². The molecule has 0 bridgehead atoms. The number of esters is 1. The molecule has 1 aliphatic heterocycles. The zero-order valence-electron chi connectivity index (χ0n) is 41.9. The van der Waals surface area contributed by atoms with Crippen molar-refractivity contribution in [3.8, 4) is 0 Å². The average molecular weight is 927 g/mol. The lowest BCUT2D eigenvalue weighted by molar-refractivity contribution is -0.305. The molecule has 1 rings (SSSR count). The largest absolute Gasteiger partial charge is 0.457 e. The summed E-state index contributed by atoms with van der Waals surface area (Å²) in [6.45, 7) is 4.42. The Bertz CT molecular complexity index is 1280. The molecule has 1 fully saturated rings. The summed E-state index contributed by atoms with van der Waals surface area (Å²) in [6, 6.07) is 0. The summed E-state index contributed by atoms with van der Waals surface area (Å²) in [5, 5.41) is 40.3. The molecule has 0 saturated carbocycles. The lowest BCUT2D eigenvalue weighted by Crippen LogP contribution is -2.59. The molecule has 6 unspecified atom stereocenters. The van der Waals surface area contributed by atoms with Crippen LogP contribution in [0.2, 0.25) is 0 Å². The summed E-state index contributed by atoms with van der Waals surface area (Å²) < 4.78 is 22.9. The summed E-state index contributed by atoms with van der Waals surface area (Å²) in [4.78, 5) is 12.9. The Hall–Kier alpha value is -2.63. The predicted molar refractivity (Wildman–Crippen MR) is 274 cm³/mol. The van der Waals surface area contributed by atoms with Crippen LogP contribution in [0.25, 0.3) is 0 Å². The number of hydrogen-bond acceptors (Lipinski definition) is 9. The molecule has 0 aliphatic carbocycles. The fourth-order valence-electron chi connectivity index (χ4n) is 7.67. The number of ether oxygens (including phenoxy) is 4. The van der Waals surface area contributed by atoms with Crippen LogP contribution in [0.4, 0.5) is 0 Å². The summed E-state index contributed by atoms with van der Waals surface area (Å²) in [5.74, 6) is -0.331. The van der Waals surface area contributed by atoms with Gasteiger partial charge in [-0.15, -0.1) is 0 Å². The van der Waals surface area contributed by atoms with Gasteiger partial charge in [0.2, 0.25) is 0 Å². The number of carbonyl (C=O) groups excluding carboxylic acids is 1. The highest BCUT2D eigenvalue weighted by Gasteiger charge is 2.44. The van der Waals surface area contributed by atoms with E-state index in [0.29, 0.717) is 13.0 Å². The summed E-state index contributed by atoms with van der Waals surface area (Å²) in [7, 11) is 0. The van der Waals surface area contributed by atoms with Crippen LogP contribution >= 0.6 is 0 Å². The van der Waals surface area contributed by atoms with Gasteiger partial charge in [-0.05, 0) is 89.9 Å². The molecule has 9 nitrogen and oxygen atoms in total. The van der Waals surface area contributed by atoms with Gasteiger partial charge in [-0.3, -0.25) is 4.79 Å². The van der Waals surface area contributed by atoms with Crippen molar-refractivity contribution in [2.75, 3.05) is 26.4 Å². The van der Waals surface area contributed by atoms with Gasteiger partial charge in [0.15, 0.2) is 6.29 Å². The molecular weight excluding hydrogens is 829 g/mol. The number of aliphatic hydroxyl groups excluding tert-OH is 4. The maximum Gasteiger partial charge on any atom is 0.306 e. The van der Waals surface area contributed by atoms with Gasteiger partial charge in [0, 0.05) is 13.0 Å². The van der Waals surface area contributed by atoms with E-state index in [0.717, 1.165) is 89.9 Å². The highest BCUT2D eigenvalue weighted by atomic mass is 16.7. The normalized spacial score (nSPS) is 20.0. The van der Waals surface area contributed by atoms with Gasteiger partial charge in [-0.1, -0.05) is 195 Å². The smallest absolute Gasteiger partial charge is 0.306 e. The summed E-state index contributed by atoms with van der Waals surface area (Å²) in [5.41, 5.74) is 0. The molecule has 1 aliphatic rings. The van der Waals surface area contributed by atoms with E-state index in [9.17, 15) is 25.2 Å². The first-order chi connectivity index (χ1) is 32.4. The van der Waals surface area contributed by atoms with Crippen LogP contribution in [0.5, 0.6) is 0 Å². The molecule has 0 amide bonds. The van der Waals surface area contributed by atoms with Crippen LogP contribution in [0.15, 0.2) is 85.1 Å². The number of unbranched alkanes of at least 4 members (excludes halogenated alkanes) is 20. The zero-order chi connectivity index (χ0) is 47.8. The van der Waals surface area contributed by atoms with Gasteiger partial charge in [0.1, 0.15) is 30.5 Å². The van der Waals surface area contributed by atoms with Crippen molar-refractivity contribution in [3.63, 3.8) is 0 Å². The van der Waals surface area contributed by atoms with E-state index < -0.39 is 43.4 Å². The highest BCUT2D eigenvalue weighted by Crippen LogP contribution is 2.23. The molecule has 1 saturated heterocycles. The second-order valence-electron chi connectivity index (χ2n) is 17.9. The van der Waals surface area contributed by atoms with Crippen LogP contribution in [-0.2, 0) is 23.7 Å². The Kier molecular flexibility index (Phi) is 44.1. The Labute approximate surface area is 403 Å². The molecular formula is C57H98O9. The fourth-order valence-corrected chi connectivity index (χ4v) is 7.67. The number of hydrogen-bond donors (Lipinski definition) is 4. The average Bonchev–Trinajstić information content (AvgIpc) is 3.32. The highest BCUT2D eigenvalue weighted by molar-refractivity contribution is 5.69. The predicted octanol–water partition coefficient (Wildman–Crippen LogP) is 13.4. The number of carbonyl (C=O) groups is 1. The Morgan fingerprint density at radius 1 is 0.500 bits per heavy atom. The molecule has 66 heavy (non-hydrogen) atoms. The maximum atomic E-state index is 12.9. The van der Waals surface area contributed by atoms with Crippen LogP contribution in [0.1, 0.15) is 206 Å². The van der Waals surface area contributed by atoms with Crippen LogP contribution in [0.3, 0.4) is 0 Å². The van der Waals surface area contributed by atoms with Gasteiger partial charge in [0.25, 0.3) is 0 Å². The Morgan fingerprint density at radius 3 is 1.41 bits per heavy atom. The third-order valence-corrected chi connectivity index (χ3v) is 11.8. The second-order valence-corrected chi connectivity index (χ2v) is 17.9.